The molecule has 9 heteroatoms. The molecule has 2 rings (SSSR count). The molecule has 0 atom stereocenters. The Bertz CT molecular complexity index is 735. The Labute approximate surface area is 148 Å². The smallest absolute Gasteiger partial charge is 0.354 e. The summed E-state index contributed by atoms with van der Waals surface area (Å²) >= 11 is 0. The Morgan fingerprint density at radius 3 is 2.48 bits per heavy atom. The molecule has 140 valence electrons. The fourth-order valence-electron chi connectivity index (χ4n) is 2.78. The molecule has 1 fully saturated rings. The van der Waals surface area contributed by atoms with E-state index in [0.29, 0.717) is 13.1 Å². The van der Waals surface area contributed by atoms with E-state index in [9.17, 15) is 18.0 Å². The zero-order valence-corrected chi connectivity index (χ0v) is 15.7. The molecule has 0 saturated carbocycles. The van der Waals surface area contributed by atoms with Gasteiger partial charge < -0.3 is 14.2 Å². The summed E-state index contributed by atoms with van der Waals surface area (Å²) in [4.78, 5) is 25.8. The van der Waals surface area contributed by atoms with Crippen LogP contribution in [0.2, 0.25) is 0 Å². The lowest BCUT2D eigenvalue weighted by Crippen LogP contribution is -2.43. The molecule has 25 heavy (non-hydrogen) atoms. The maximum absolute atomic E-state index is 12.7. The maximum atomic E-state index is 12.7. The zero-order chi connectivity index (χ0) is 18.6. The van der Waals surface area contributed by atoms with Gasteiger partial charge in [-0.25, -0.2) is 13.2 Å². The maximum Gasteiger partial charge on any atom is 0.354 e. The second-order valence-corrected chi connectivity index (χ2v) is 8.14. The second kappa shape index (κ2) is 8.01. The number of ether oxygens (including phenoxy) is 1. The summed E-state index contributed by atoms with van der Waals surface area (Å²) in [6.07, 6.45) is 4.34. The molecule has 0 bridgehead atoms. The van der Waals surface area contributed by atoms with Crippen molar-refractivity contribution in [3.05, 3.63) is 18.0 Å². The van der Waals surface area contributed by atoms with E-state index in [-0.39, 0.29) is 29.6 Å². The third kappa shape index (κ3) is 4.40. The van der Waals surface area contributed by atoms with Gasteiger partial charge in [-0.3, -0.25) is 4.79 Å². The third-order valence-corrected chi connectivity index (χ3v) is 6.01. The predicted octanol–water partition coefficient (Wildman–Crippen LogP) is 0.835. The van der Waals surface area contributed by atoms with Gasteiger partial charge in [-0.05, 0) is 32.3 Å². The van der Waals surface area contributed by atoms with Crippen LogP contribution in [0.25, 0.3) is 0 Å². The van der Waals surface area contributed by atoms with E-state index in [2.05, 4.69) is 0 Å². The van der Waals surface area contributed by atoms with Crippen molar-refractivity contribution in [2.45, 2.75) is 31.1 Å². The number of carbonyl (C=O) groups excluding carboxylic acids is 2. The first-order chi connectivity index (χ1) is 11.8. The molecule has 0 N–H and O–H groups in total. The Hall–Kier alpha value is -1.87. The van der Waals surface area contributed by atoms with Crippen molar-refractivity contribution in [2.75, 3.05) is 33.3 Å². The van der Waals surface area contributed by atoms with E-state index in [1.54, 1.807) is 18.9 Å². The van der Waals surface area contributed by atoms with Gasteiger partial charge in [0.25, 0.3) is 0 Å². The summed E-state index contributed by atoms with van der Waals surface area (Å²) in [7, 11) is -0.923. The number of aromatic nitrogens is 1. The number of hydrogen-bond acceptors (Lipinski definition) is 5. The lowest BCUT2D eigenvalue weighted by atomic mass is 10.1. The summed E-state index contributed by atoms with van der Waals surface area (Å²) in [5.41, 5.74) is 0.149. The number of likely N-dealkylation sites (N-methyl/N-ethyl adjacent to an activating group) is 1. The Kier molecular flexibility index (Phi) is 6.23. The topological polar surface area (TPSA) is 88.9 Å². The number of likely N-dealkylation sites (tertiary alicyclic amines) is 1. The highest BCUT2D eigenvalue weighted by molar-refractivity contribution is 7.89. The normalized spacial score (nSPS) is 15.4. The minimum absolute atomic E-state index is 0.0352. The van der Waals surface area contributed by atoms with E-state index in [0.717, 1.165) is 23.6 Å². The summed E-state index contributed by atoms with van der Waals surface area (Å²) in [6.45, 7) is 3.01. The molecule has 1 aromatic heterocycles. The number of piperidine rings is 1. The van der Waals surface area contributed by atoms with Crippen LogP contribution < -0.4 is 0 Å². The van der Waals surface area contributed by atoms with E-state index in [4.69, 9.17) is 4.74 Å². The molecule has 2 heterocycles. The van der Waals surface area contributed by atoms with Crippen LogP contribution in [0.4, 0.5) is 0 Å². The minimum atomic E-state index is -3.87. The number of rotatable bonds is 6. The van der Waals surface area contributed by atoms with Crippen molar-refractivity contribution in [3.8, 4) is 0 Å². The van der Waals surface area contributed by atoms with Gasteiger partial charge in [0.2, 0.25) is 15.9 Å². The van der Waals surface area contributed by atoms with E-state index >= 15 is 0 Å². The summed E-state index contributed by atoms with van der Waals surface area (Å²) < 4.78 is 32.7. The van der Waals surface area contributed by atoms with Crippen LogP contribution in [0.1, 0.15) is 36.7 Å². The summed E-state index contributed by atoms with van der Waals surface area (Å²) in [6, 6.07) is 1.27. The molecular weight excluding hydrogens is 346 g/mol. The number of nitrogens with zero attached hydrogens (tertiary/aromatic N) is 3. The van der Waals surface area contributed by atoms with E-state index in [1.165, 1.54) is 23.9 Å². The first-order valence-corrected chi connectivity index (χ1v) is 9.79. The Morgan fingerprint density at radius 1 is 1.24 bits per heavy atom. The average Bonchev–Trinajstić information content (AvgIpc) is 2.98. The first kappa shape index (κ1) is 19.5. The molecule has 1 aliphatic rings. The van der Waals surface area contributed by atoms with Gasteiger partial charge >= 0.3 is 5.97 Å². The standard InChI is InChI=1S/C16H25N3O5S/c1-4-24-16(21)14-10-13(11-17(14)2)25(22,23)18(3)12-15(20)19-8-6-5-7-9-19/h10-11H,4-9,12H2,1-3H3. The fourth-order valence-corrected chi connectivity index (χ4v) is 3.97. The molecule has 0 radical (unpaired) electrons. The van der Waals surface area contributed by atoms with E-state index < -0.39 is 16.0 Å². The minimum Gasteiger partial charge on any atom is -0.461 e. The monoisotopic (exact) mass is 371 g/mol. The number of esters is 1. The van der Waals surface area contributed by atoms with Crippen LogP contribution >= 0.6 is 0 Å². The number of carbonyl (C=O) groups is 2. The van der Waals surface area contributed by atoms with Gasteiger partial charge in [0.15, 0.2) is 0 Å². The highest BCUT2D eigenvalue weighted by Crippen LogP contribution is 2.19. The largest absolute Gasteiger partial charge is 0.461 e. The van der Waals surface area contributed by atoms with E-state index in [1.807, 2.05) is 0 Å². The van der Waals surface area contributed by atoms with Crippen LogP contribution in [-0.4, -0.2) is 67.4 Å². The van der Waals surface area contributed by atoms with Gasteiger partial charge in [-0.15, -0.1) is 0 Å². The molecule has 1 aromatic rings. The number of amides is 1. The molecule has 1 amide bonds. The highest BCUT2D eigenvalue weighted by atomic mass is 32.2. The Morgan fingerprint density at radius 2 is 1.88 bits per heavy atom. The van der Waals surface area contributed by atoms with Crippen LogP contribution in [0.15, 0.2) is 17.2 Å². The number of aryl methyl sites for hydroxylation is 1. The number of hydrogen-bond donors (Lipinski definition) is 0. The molecule has 0 unspecified atom stereocenters. The lowest BCUT2D eigenvalue weighted by Gasteiger charge is -2.28. The average molecular weight is 371 g/mol. The second-order valence-electron chi connectivity index (χ2n) is 6.09. The molecule has 1 saturated heterocycles. The summed E-state index contributed by atoms with van der Waals surface area (Å²) in [5, 5.41) is 0. The van der Waals surface area contributed by atoms with Crippen molar-refractivity contribution in [2.24, 2.45) is 7.05 Å². The molecule has 0 spiro atoms. The van der Waals surface area contributed by atoms with Crippen molar-refractivity contribution < 1.29 is 22.7 Å². The third-order valence-electron chi connectivity index (χ3n) is 4.24. The van der Waals surface area contributed by atoms with Gasteiger partial charge in [0, 0.05) is 33.4 Å². The molecule has 8 nitrogen and oxygen atoms in total. The lowest BCUT2D eigenvalue weighted by molar-refractivity contribution is -0.132. The molecule has 0 aromatic carbocycles. The number of sulfonamides is 1. The predicted molar refractivity (Wildman–Crippen MR) is 91.6 cm³/mol. The van der Waals surface area contributed by atoms with Crippen molar-refractivity contribution in [1.82, 2.24) is 13.8 Å². The SMILES string of the molecule is CCOC(=O)c1cc(S(=O)(=O)N(C)CC(=O)N2CCCCC2)cn1C. The van der Waals surface area contributed by atoms with Gasteiger partial charge in [-0.2, -0.15) is 4.31 Å². The molecule has 1 aliphatic heterocycles. The van der Waals surface area contributed by atoms with Crippen LogP contribution in [0.3, 0.4) is 0 Å². The van der Waals surface area contributed by atoms with Crippen LogP contribution in [0.5, 0.6) is 0 Å². The van der Waals surface area contributed by atoms with Gasteiger partial charge in [0.1, 0.15) is 10.6 Å². The van der Waals surface area contributed by atoms with Crippen molar-refractivity contribution in [1.29, 1.82) is 0 Å². The van der Waals surface area contributed by atoms with Crippen molar-refractivity contribution in [3.63, 3.8) is 0 Å². The quantitative estimate of drug-likeness (QED) is 0.691. The van der Waals surface area contributed by atoms with Gasteiger partial charge in [-0.1, -0.05) is 0 Å². The van der Waals surface area contributed by atoms with Crippen molar-refractivity contribution >= 4 is 21.9 Å². The highest BCUT2D eigenvalue weighted by Gasteiger charge is 2.28. The van der Waals surface area contributed by atoms with Crippen LogP contribution in [0, 0.1) is 0 Å². The fraction of sp³-hybridized carbons (Fsp3) is 0.625. The first-order valence-electron chi connectivity index (χ1n) is 8.35. The van der Waals surface area contributed by atoms with Crippen LogP contribution in [-0.2, 0) is 26.6 Å². The molecular formula is C16H25N3O5S. The summed E-state index contributed by atoms with van der Waals surface area (Å²) in [5.74, 6) is -0.786. The molecule has 0 aliphatic carbocycles. The zero-order valence-electron chi connectivity index (χ0n) is 14.9. The Balaban J connectivity index is 2.13. The van der Waals surface area contributed by atoms with Gasteiger partial charge in [0.05, 0.1) is 13.2 Å².